The molecular weight excluding hydrogens is 1750 g/mol. The fourth-order valence-corrected chi connectivity index (χ4v) is 18.9. The molecule has 650 valence electrons. The lowest BCUT2D eigenvalue weighted by Gasteiger charge is -2.29. The molecule has 0 radical (unpaired) electrons. The first-order chi connectivity index (χ1) is 61.2. The molecule has 0 unspecified atom stereocenters. The standard InChI is InChI=1S/C34H31ClN4O3S.C32H27ClN4O3S.C27H26Cl2N2O3S.C7H6N2/c1-6-41-33(40)30(42-34(3,4)5)28-20(2)17-25-31(29(28)21-11-13-24(35)14-12-21)43-32(38-25)22-15-16-36-27(18-22)39-26-10-8-7-9-23(26)19-37-39;1-18-15-23-29(27(19-9-11-22(33)12-10-19)26(18)28(31(38)39)40-32(2,3)4)41-30(36-23)20-13-14-34-25(16-20)37-24-8-6-5-7-21(24)17-35-37;1-6-33-26(32)23(34-27(3,4)5)21-15(2)13-19-24(22(21)16-7-9-18(28)10-8-16)35-25(31-19)17-11-12-30-20(29)14-17;1-2-4-7-6(3-1)5-8-9-7/h7-19,30H,6H2,1-5H3;5-17,28H,1-4H3,(H,38,39);7-14,23H,6H2,1-5H3;1-5H,(H,8,9)/t30-;28-;23-;/m000./s1. The van der Waals surface area contributed by atoms with Gasteiger partial charge in [-0.05, 0) is 240 Å². The number of carboxylic acid groups (broad SMARTS) is 1. The number of rotatable bonds is 19. The minimum Gasteiger partial charge on any atom is -0.479 e. The van der Waals surface area contributed by atoms with Gasteiger partial charge in [0.1, 0.15) is 20.2 Å². The number of esters is 2. The molecule has 21 nitrogen and oxygen atoms in total. The summed E-state index contributed by atoms with van der Waals surface area (Å²) in [6, 6.07) is 64.1. The number of aromatic nitrogens is 12. The number of carbonyl (C=O) groups is 3. The van der Waals surface area contributed by atoms with Crippen LogP contribution in [0.25, 0.3) is 140 Å². The molecule has 28 heteroatoms. The molecule has 18 rings (SSSR count). The number of aliphatic carboxylic acids is 1. The molecule has 0 amide bonds. The number of para-hydroxylation sites is 3. The Morgan fingerprint density at radius 3 is 1.12 bits per heavy atom. The summed E-state index contributed by atoms with van der Waals surface area (Å²) in [7, 11) is 0. The Bertz CT molecular complexity index is 7100. The monoisotopic (exact) mass is 1840 g/mol. The predicted molar refractivity (Wildman–Crippen MR) is 516 cm³/mol. The van der Waals surface area contributed by atoms with Gasteiger partial charge in [0.2, 0.25) is 0 Å². The number of benzene rings is 9. The Labute approximate surface area is 771 Å². The highest BCUT2D eigenvalue weighted by Gasteiger charge is 2.37. The number of halogens is 4. The second-order valence-electron chi connectivity index (χ2n) is 33.1. The van der Waals surface area contributed by atoms with Crippen LogP contribution in [-0.2, 0) is 38.1 Å². The Morgan fingerprint density at radius 1 is 0.414 bits per heavy atom. The van der Waals surface area contributed by atoms with Gasteiger partial charge in [-0.25, -0.2) is 53.7 Å². The normalized spacial score (nSPS) is 12.5. The number of thiazole rings is 3. The van der Waals surface area contributed by atoms with E-state index in [-0.39, 0.29) is 13.2 Å². The van der Waals surface area contributed by atoms with Crippen LogP contribution < -0.4 is 0 Å². The molecule has 2 N–H and O–H groups in total. The molecule has 0 aliphatic heterocycles. The number of ether oxygens (including phenoxy) is 5. The van der Waals surface area contributed by atoms with E-state index in [1.165, 1.54) is 22.7 Å². The van der Waals surface area contributed by atoms with Crippen LogP contribution in [0.2, 0.25) is 20.2 Å². The number of fused-ring (bicyclic) bond motifs is 6. The van der Waals surface area contributed by atoms with Crippen molar-refractivity contribution in [3.05, 3.63) is 291 Å². The van der Waals surface area contributed by atoms with Gasteiger partial charge in [-0.3, -0.25) is 5.10 Å². The van der Waals surface area contributed by atoms with Crippen molar-refractivity contribution in [2.45, 2.75) is 132 Å². The fraction of sp³-hybridized carbons (Fsp3) is 0.220. The van der Waals surface area contributed by atoms with Crippen molar-refractivity contribution in [1.29, 1.82) is 0 Å². The van der Waals surface area contributed by atoms with E-state index in [4.69, 9.17) is 85.0 Å². The zero-order chi connectivity index (χ0) is 90.6. The second-order valence-corrected chi connectivity index (χ2v) is 37.8. The van der Waals surface area contributed by atoms with Gasteiger partial charge < -0.3 is 28.8 Å². The number of hydrogen-bond acceptors (Lipinski definition) is 20. The summed E-state index contributed by atoms with van der Waals surface area (Å²) in [5.41, 5.74) is 16.2. The molecular formula is C100H90Cl4N12O9S3. The Morgan fingerprint density at radius 2 is 0.758 bits per heavy atom. The van der Waals surface area contributed by atoms with Crippen LogP contribution in [0, 0.1) is 20.8 Å². The first-order valence-corrected chi connectivity index (χ1v) is 45.2. The van der Waals surface area contributed by atoms with Crippen molar-refractivity contribution in [2.75, 3.05) is 13.2 Å². The number of pyridine rings is 3. The maximum Gasteiger partial charge on any atom is 0.339 e. The zero-order valence-corrected chi connectivity index (χ0v) is 78.0. The Kier molecular flexibility index (Phi) is 27.3. The van der Waals surface area contributed by atoms with Crippen molar-refractivity contribution < 1.29 is 43.2 Å². The Hall–Kier alpha value is -12.0. The molecule has 9 aromatic carbocycles. The number of nitrogens with one attached hydrogen (secondary N) is 1. The smallest absolute Gasteiger partial charge is 0.339 e. The van der Waals surface area contributed by atoms with Gasteiger partial charge in [-0.1, -0.05) is 137 Å². The number of aryl methyl sites for hydroxylation is 3. The minimum atomic E-state index is -1.17. The van der Waals surface area contributed by atoms with Crippen LogP contribution in [0.3, 0.4) is 0 Å². The highest BCUT2D eigenvalue weighted by molar-refractivity contribution is 7.23. The number of aromatic amines is 1. The number of hydrogen-bond donors (Lipinski definition) is 2. The van der Waals surface area contributed by atoms with Gasteiger partial charge in [-0.15, -0.1) is 34.0 Å². The van der Waals surface area contributed by atoms with Crippen molar-refractivity contribution in [1.82, 2.24) is 59.7 Å². The van der Waals surface area contributed by atoms with E-state index in [0.717, 1.165) is 156 Å². The largest absolute Gasteiger partial charge is 0.479 e. The van der Waals surface area contributed by atoms with E-state index < -0.39 is 53.0 Å². The molecule has 0 bridgehead atoms. The number of nitrogens with zero attached hydrogens (tertiary/aromatic N) is 11. The maximum absolute atomic E-state index is 13.4. The highest BCUT2D eigenvalue weighted by atomic mass is 35.5. The van der Waals surface area contributed by atoms with E-state index >= 15 is 0 Å². The van der Waals surface area contributed by atoms with Crippen LogP contribution in [-0.4, -0.2) is 113 Å². The van der Waals surface area contributed by atoms with Crippen LogP contribution in [0.4, 0.5) is 0 Å². The topological polar surface area (TPSA) is 259 Å². The molecule has 0 saturated heterocycles. The lowest BCUT2D eigenvalue weighted by molar-refractivity contribution is -0.167. The lowest BCUT2D eigenvalue weighted by Crippen LogP contribution is -2.29. The van der Waals surface area contributed by atoms with Crippen molar-refractivity contribution in [2.24, 2.45) is 0 Å². The summed E-state index contributed by atoms with van der Waals surface area (Å²) in [6.45, 7) is 27.1. The minimum absolute atomic E-state index is 0.251. The van der Waals surface area contributed by atoms with E-state index in [2.05, 4.69) is 35.3 Å². The van der Waals surface area contributed by atoms with Gasteiger partial charge >= 0.3 is 17.9 Å². The molecule has 9 aromatic heterocycles. The third-order valence-corrected chi connectivity index (χ3v) is 24.7. The predicted octanol–water partition coefficient (Wildman–Crippen LogP) is 26.6. The third kappa shape index (κ3) is 20.6. The first-order valence-electron chi connectivity index (χ1n) is 41.2. The fourth-order valence-electron chi connectivity index (χ4n) is 15.0. The van der Waals surface area contributed by atoms with Gasteiger partial charge in [0.15, 0.2) is 29.9 Å². The van der Waals surface area contributed by atoms with E-state index in [1.807, 2.05) is 293 Å². The Balaban J connectivity index is 0.000000141. The summed E-state index contributed by atoms with van der Waals surface area (Å²) in [5.74, 6) is -0.515. The van der Waals surface area contributed by atoms with Crippen molar-refractivity contribution in [3.63, 3.8) is 0 Å². The van der Waals surface area contributed by atoms with Crippen molar-refractivity contribution >= 4 is 162 Å². The molecule has 9 heterocycles. The van der Waals surface area contributed by atoms with Crippen LogP contribution in [0.15, 0.2) is 237 Å². The first kappa shape index (κ1) is 90.7. The highest BCUT2D eigenvalue weighted by Crippen LogP contribution is 2.49. The lowest BCUT2D eigenvalue weighted by atomic mass is 9.91. The summed E-state index contributed by atoms with van der Waals surface area (Å²) >= 11 is 29.4. The zero-order valence-electron chi connectivity index (χ0n) is 72.5. The quantitative estimate of drug-likeness (QED) is 0.0563. The summed E-state index contributed by atoms with van der Waals surface area (Å²) in [5, 5.41) is 34.1. The van der Waals surface area contributed by atoms with Gasteiger partial charge in [-0.2, -0.15) is 15.3 Å². The molecule has 0 spiro atoms. The number of H-pyrrole nitrogens is 1. The molecule has 128 heavy (non-hydrogen) atoms. The van der Waals surface area contributed by atoms with Gasteiger partial charge in [0.25, 0.3) is 0 Å². The number of carbonyl (C=O) groups excluding carboxylic acids is 2. The molecule has 0 fully saturated rings. The molecule has 3 atom stereocenters. The van der Waals surface area contributed by atoms with Gasteiger partial charge in [0, 0.05) is 99.9 Å². The van der Waals surface area contributed by atoms with E-state index in [9.17, 15) is 19.5 Å². The molecule has 0 aliphatic rings. The van der Waals surface area contributed by atoms with Crippen LogP contribution in [0.1, 0.15) is 128 Å². The SMILES string of the molecule is CCOC(=O)[C@@H](OC(C)(C)C)c1c(C)cc2nc(-c3ccnc(-n4ncc5ccccc54)c3)sc2c1-c1ccc(Cl)cc1.CCOC(=O)[C@@H](OC(C)(C)C)c1c(C)cc2nc(-c3ccnc(Cl)c3)sc2c1-c1ccc(Cl)cc1.Cc1cc2nc(-c3ccnc(-n4ncc5ccccc54)c3)sc2c(-c2ccc(Cl)cc2)c1[C@H](OC(C)(C)C)C(=O)O.c1ccc2[nH]ncc2c1. The number of carboxylic acids is 1. The third-order valence-electron chi connectivity index (χ3n) is 20.3. The average molecular weight is 1840 g/mol. The van der Waals surface area contributed by atoms with E-state index in [0.29, 0.717) is 37.4 Å². The maximum atomic E-state index is 13.4. The van der Waals surface area contributed by atoms with Crippen molar-refractivity contribution in [3.8, 4) is 76.7 Å². The average Bonchev–Trinajstić information content (AvgIpc) is 1.58. The molecule has 0 aliphatic carbocycles. The molecule has 18 aromatic rings. The van der Waals surface area contributed by atoms with Crippen LogP contribution >= 0.6 is 80.4 Å². The van der Waals surface area contributed by atoms with Gasteiger partial charge in [0.05, 0.1) is 95.8 Å². The molecule has 0 saturated carbocycles. The van der Waals surface area contributed by atoms with Crippen LogP contribution in [0.5, 0.6) is 0 Å². The second kappa shape index (κ2) is 38.5. The van der Waals surface area contributed by atoms with E-state index in [1.54, 1.807) is 62.0 Å². The summed E-state index contributed by atoms with van der Waals surface area (Å²) in [4.78, 5) is 67.4. The summed E-state index contributed by atoms with van der Waals surface area (Å²) < 4.78 is 36.2. The summed E-state index contributed by atoms with van der Waals surface area (Å²) in [6.07, 6.45) is 7.65.